The number of nitrogens with two attached hydrogens (primary N) is 1. The Balaban J connectivity index is 1.87. The molecule has 5 heteroatoms. The maximum absolute atomic E-state index is 6.02. The molecule has 2 heterocycles. The van der Waals surface area contributed by atoms with E-state index < -0.39 is 0 Å². The zero-order chi connectivity index (χ0) is 11.8. The zero-order valence-electron chi connectivity index (χ0n) is 9.84. The summed E-state index contributed by atoms with van der Waals surface area (Å²) >= 11 is 1.79. The maximum Gasteiger partial charge on any atom is 0.174 e. The largest absolute Gasteiger partial charge is 0.394 e. The van der Waals surface area contributed by atoms with Gasteiger partial charge >= 0.3 is 0 Å². The maximum atomic E-state index is 6.02. The van der Waals surface area contributed by atoms with Gasteiger partial charge in [0.25, 0.3) is 0 Å². The van der Waals surface area contributed by atoms with Gasteiger partial charge in [0.1, 0.15) is 0 Å². The van der Waals surface area contributed by atoms with Crippen molar-refractivity contribution in [2.75, 3.05) is 10.6 Å². The van der Waals surface area contributed by atoms with E-state index in [1.807, 2.05) is 13.2 Å². The molecule has 0 bridgehead atoms. The third kappa shape index (κ3) is 2.15. The third-order valence-electron chi connectivity index (χ3n) is 3.00. The summed E-state index contributed by atoms with van der Waals surface area (Å²) < 4.78 is 1.79. The fourth-order valence-electron chi connectivity index (χ4n) is 2.05. The molecule has 2 N–H and O–H groups in total. The SMILES string of the molecule is Cn1cc(N)c(N(Cc2cccs2)C2CC2)n1. The lowest BCUT2D eigenvalue weighted by Crippen LogP contribution is -2.25. The number of thiophene rings is 1. The van der Waals surface area contributed by atoms with Gasteiger partial charge in [-0.1, -0.05) is 6.07 Å². The van der Waals surface area contributed by atoms with Crippen molar-refractivity contribution in [1.29, 1.82) is 0 Å². The number of nitrogens with zero attached hydrogens (tertiary/aromatic N) is 3. The Kier molecular flexibility index (Phi) is 2.55. The predicted molar refractivity (Wildman–Crippen MR) is 71.1 cm³/mol. The minimum atomic E-state index is 0.620. The first-order chi connectivity index (χ1) is 8.24. The van der Waals surface area contributed by atoms with Gasteiger partial charge in [0.2, 0.25) is 0 Å². The van der Waals surface area contributed by atoms with E-state index in [2.05, 4.69) is 27.5 Å². The number of hydrogen-bond acceptors (Lipinski definition) is 4. The normalized spacial score (nSPS) is 15.1. The summed E-state index contributed by atoms with van der Waals surface area (Å²) in [5.74, 6) is 0.934. The minimum Gasteiger partial charge on any atom is -0.394 e. The second kappa shape index (κ2) is 4.07. The van der Waals surface area contributed by atoms with E-state index in [1.54, 1.807) is 16.0 Å². The lowest BCUT2D eigenvalue weighted by Gasteiger charge is -2.21. The van der Waals surface area contributed by atoms with Gasteiger partial charge in [-0.2, -0.15) is 5.10 Å². The van der Waals surface area contributed by atoms with Crippen LogP contribution >= 0.6 is 11.3 Å². The minimum absolute atomic E-state index is 0.620. The lowest BCUT2D eigenvalue weighted by atomic mass is 10.3. The molecule has 0 aromatic carbocycles. The number of anilines is 2. The van der Waals surface area contributed by atoms with Crippen LogP contribution in [-0.2, 0) is 13.6 Å². The number of aryl methyl sites for hydroxylation is 1. The van der Waals surface area contributed by atoms with Crippen molar-refractivity contribution in [3.8, 4) is 0 Å². The van der Waals surface area contributed by atoms with Gasteiger partial charge in [-0.05, 0) is 24.3 Å². The molecule has 1 aliphatic rings. The van der Waals surface area contributed by atoms with Crippen molar-refractivity contribution in [3.05, 3.63) is 28.6 Å². The van der Waals surface area contributed by atoms with Gasteiger partial charge in [0, 0.05) is 24.2 Å². The summed E-state index contributed by atoms with van der Waals surface area (Å²) in [6.45, 7) is 0.920. The molecular weight excluding hydrogens is 232 g/mol. The molecule has 90 valence electrons. The smallest absolute Gasteiger partial charge is 0.174 e. The van der Waals surface area contributed by atoms with Crippen LogP contribution in [0.3, 0.4) is 0 Å². The highest BCUT2D eigenvalue weighted by Crippen LogP contribution is 2.35. The van der Waals surface area contributed by atoms with Crippen LogP contribution in [0.5, 0.6) is 0 Å². The molecule has 1 aliphatic carbocycles. The molecule has 1 fully saturated rings. The standard InChI is InChI=1S/C12H16N4S/c1-15-8-11(13)12(14-15)16(9-4-5-9)7-10-3-2-6-17-10/h2-3,6,8-9H,4-5,7,13H2,1H3. The molecule has 3 rings (SSSR count). The van der Waals surface area contributed by atoms with E-state index in [-0.39, 0.29) is 0 Å². The van der Waals surface area contributed by atoms with Crippen LogP contribution in [0.2, 0.25) is 0 Å². The van der Waals surface area contributed by atoms with Gasteiger partial charge in [-0.3, -0.25) is 4.68 Å². The Hall–Kier alpha value is -1.49. The van der Waals surface area contributed by atoms with Gasteiger partial charge in [-0.15, -0.1) is 11.3 Å². The van der Waals surface area contributed by atoms with Crippen molar-refractivity contribution >= 4 is 22.8 Å². The quantitative estimate of drug-likeness (QED) is 0.902. The molecule has 4 nitrogen and oxygen atoms in total. The van der Waals surface area contributed by atoms with E-state index in [0.29, 0.717) is 6.04 Å². The zero-order valence-corrected chi connectivity index (χ0v) is 10.7. The summed E-state index contributed by atoms with van der Waals surface area (Å²) in [4.78, 5) is 3.70. The Morgan fingerprint density at radius 2 is 2.41 bits per heavy atom. The van der Waals surface area contributed by atoms with Crippen LogP contribution in [-0.4, -0.2) is 15.8 Å². The van der Waals surface area contributed by atoms with Crippen LogP contribution in [0.25, 0.3) is 0 Å². The van der Waals surface area contributed by atoms with Gasteiger partial charge in [-0.25, -0.2) is 0 Å². The van der Waals surface area contributed by atoms with Crippen molar-refractivity contribution in [2.45, 2.75) is 25.4 Å². The first kappa shape index (κ1) is 10.7. The summed E-state index contributed by atoms with van der Waals surface area (Å²) in [7, 11) is 1.91. The fourth-order valence-corrected chi connectivity index (χ4v) is 2.75. The first-order valence-electron chi connectivity index (χ1n) is 5.82. The monoisotopic (exact) mass is 248 g/mol. The molecule has 2 aromatic heterocycles. The van der Waals surface area contributed by atoms with Crippen molar-refractivity contribution in [2.24, 2.45) is 7.05 Å². The van der Waals surface area contributed by atoms with Gasteiger partial charge < -0.3 is 10.6 Å². The molecule has 0 saturated heterocycles. The number of hydrogen-bond donors (Lipinski definition) is 1. The summed E-state index contributed by atoms with van der Waals surface area (Å²) in [5, 5.41) is 6.59. The van der Waals surface area contributed by atoms with E-state index in [4.69, 9.17) is 5.73 Å². The van der Waals surface area contributed by atoms with Crippen LogP contribution in [0, 0.1) is 0 Å². The molecule has 0 radical (unpaired) electrons. The molecule has 0 atom stereocenters. The molecule has 0 aliphatic heterocycles. The number of nitrogen functional groups attached to an aromatic ring is 1. The van der Waals surface area contributed by atoms with E-state index >= 15 is 0 Å². The summed E-state index contributed by atoms with van der Waals surface area (Å²) in [6.07, 6.45) is 4.38. The predicted octanol–water partition coefficient (Wildman–Crippen LogP) is 2.23. The lowest BCUT2D eigenvalue weighted by molar-refractivity contribution is 0.726. The average Bonchev–Trinajstić information content (AvgIpc) is 2.90. The Bertz CT molecular complexity index is 499. The van der Waals surface area contributed by atoms with E-state index in [1.165, 1.54) is 17.7 Å². The highest BCUT2D eigenvalue weighted by molar-refractivity contribution is 7.09. The highest BCUT2D eigenvalue weighted by Gasteiger charge is 2.31. The third-order valence-corrected chi connectivity index (χ3v) is 3.86. The Morgan fingerprint density at radius 3 is 2.94 bits per heavy atom. The Morgan fingerprint density at radius 1 is 1.59 bits per heavy atom. The summed E-state index contributed by atoms with van der Waals surface area (Å²) in [5.41, 5.74) is 6.79. The summed E-state index contributed by atoms with van der Waals surface area (Å²) in [6, 6.07) is 4.88. The number of rotatable bonds is 4. The van der Waals surface area contributed by atoms with Crippen LogP contribution in [0.1, 0.15) is 17.7 Å². The van der Waals surface area contributed by atoms with E-state index in [9.17, 15) is 0 Å². The highest BCUT2D eigenvalue weighted by atomic mass is 32.1. The topological polar surface area (TPSA) is 47.1 Å². The van der Waals surface area contributed by atoms with Crippen LogP contribution in [0.4, 0.5) is 11.5 Å². The molecule has 17 heavy (non-hydrogen) atoms. The first-order valence-corrected chi connectivity index (χ1v) is 6.70. The molecule has 0 unspecified atom stereocenters. The fraction of sp³-hybridized carbons (Fsp3) is 0.417. The van der Waals surface area contributed by atoms with Crippen LogP contribution < -0.4 is 10.6 Å². The van der Waals surface area contributed by atoms with Crippen molar-refractivity contribution < 1.29 is 0 Å². The molecule has 1 saturated carbocycles. The second-order valence-electron chi connectivity index (χ2n) is 4.52. The average molecular weight is 248 g/mol. The second-order valence-corrected chi connectivity index (χ2v) is 5.55. The molecule has 0 amide bonds. The van der Waals surface area contributed by atoms with Gasteiger partial charge in [0.05, 0.1) is 12.2 Å². The van der Waals surface area contributed by atoms with E-state index in [0.717, 1.165) is 18.1 Å². The van der Waals surface area contributed by atoms with Crippen molar-refractivity contribution in [1.82, 2.24) is 9.78 Å². The number of aromatic nitrogens is 2. The van der Waals surface area contributed by atoms with Crippen molar-refractivity contribution in [3.63, 3.8) is 0 Å². The Labute approximate surface area is 105 Å². The molecule has 0 spiro atoms. The molecule has 2 aromatic rings. The van der Waals surface area contributed by atoms with Gasteiger partial charge in [0.15, 0.2) is 5.82 Å². The molecular formula is C12H16N4S. The van der Waals surface area contributed by atoms with Crippen LogP contribution in [0.15, 0.2) is 23.7 Å².